The van der Waals surface area contributed by atoms with Gasteiger partial charge >= 0.3 is 13.7 Å². The molecule has 0 amide bonds. The second-order valence-corrected chi connectivity index (χ2v) is 5.17. The van der Waals surface area contributed by atoms with Gasteiger partial charge in [0, 0.05) is 0 Å². The molecule has 24 heavy (non-hydrogen) atoms. The summed E-state index contributed by atoms with van der Waals surface area (Å²) in [7, 11) is -1.49. The van der Waals surface area contributed by atoms with Crippen molar-refractivity contribution in [3.05, 3.63) is 0 Å². The molecule has 0 aromatic rings. The third-order valence-corrected chi connectivity index (χ3v) is 3.39. The summed E-state index contributed by atoms with van der Waals surface area (Å²) >= 11 is 0. The largest absolute Gasteiger partial charge is 0.466 e. The smallest absolute Gasteiger partial charge is 0.432 e. The van der Waals surface area contributed by atoms with Gasteiger partial charge in [-0.25, -0.2) is 0 Å². The molecule has 0 aliphatic carbocycles. The van der Waals surface area contributed by atoms with Gasteiger partial charge in [0.1, 0.15) is 7.06 Å². The zero-order valence-corrected chi connectivity index (χ0v) is 12.3. The molecule has 0 saturated heterocycles. The minimum absolute atomic E-state index is 0.347. The first-order valence-electron chi connectivity index (χ1n) is 6.77. The van der Waals surface area contributed by atoms with Crippen LogP contribution in [0.25, 0.3) is 0 Å². The highest BCUT2D eigenvalue weighted by Crippen LogP contribution is 2.01. The van der Waals surface area contributed by atoms with Gasteiger partial charge in [-0.05, 0) is 0 Å². The third-order valence-electron chi connectivity index (χ3n) is 3.39. The lowest BCUT2D eigenvalue weighted by molar-refractivity contribution is 0.419. The fourth-order valence-electron chi connectivity index (χ4n) is 1.79. The molecule has 0 aliphatic rings. The number of hydrogen-bond acceptors (Lipinski definition) is 12. The molecule has 0 spiro atoms. The van der Waals surface area contributed by atoms with Crippen molar-refractivity contribution in [2.45, 2.75) is 0 Å². The van der Waals surface area contributed by atoms with Crippen molar-refractivity contribution in [3.63, 3.8) is 0 Å². The molecular weight excluding hydrogens is 322 g/mol. The van der Waals surface area contributed by atoms with Gasteiger partial charge in [0.2, 0.25) is 14.1 Å². The van der Waals surface area contributed by atoms with Gasteiger partial charge in [-0.15, -0.1) is 0 Å². The first-order chi connectivity index (χ1) is 11.0. The van der Waals surface area contributed by atoms with E-state index in [1.807, 2.05) is 0 Å². The highest BCUT2D eigenvalue weighted by atomic mass is 16.4. The second-order valence-electron chi connectivity index (χ2n) is 5.17. The van der Waals surface area contributed by atoms with Gasteiger partial charge in [-0.3, -0.25) is 0 Å². The lowest BCUT2D eigenvalue weighted by Gasteiger charge is -2.23. The normalized spacial score (nSPS) is 9.67. The molecular formula is H12B12O12. The van der Waals surface area contributed by atoms with E-state index in [0.717, 1.165) is 0 Å². The van der Waals surface area contributed by atoms with E-state index in [4.69, 9.17) is 20.1 Å². The Morgan fingerprint density at radius 3 is 1.00 bits per heavy atom. The molecule has 2 radical (unpaired) electrons. The van der Waals surface area contributed by atoms with Crippen LogP contribution in [0.1, 0.15) is 0 Å². The van der Waals surface area contributed by atoms with Crippen LogP contribution in [0.5, 0.6) is 0 Å². The maximum Gasteiger partial charge on any atom is 0.432 e. The Balaban J connectivity index is 4.89. The van der Waals surface area contributed by atoms with E-state index in [2.05, 4.69) is 0 Å². The Bertz CT molecular complexity index is 342. The van der Waals surface area contributed by atoms with Crippen LogP contribution in [0.2, 0.25) is 0 Å². The van der Waals surface area contributed by atoms with Gasteiger partial charge in [-0.2, -0.15) is 0 Å². The molecule has 12 nitrogen and oxygen atoms in total. The molecule has 0 fully saturated rings. The lowest BCUT2D eigenvalue weighted by Crippen LogP contribution is -2.73. The van der Waals surface area contributed by atoms with E-state index in [1.165, 1.54) is 0 Å². The van der Waals surface area contributed by atoms with Crippen LogP contribution in [0, 0.1) is 0 Å². The first-order valence-corrected chi connectivity index (χ1v) is 6.77. The molecule has 0 heterocycles. The van der Waals surface area contributed by atoms with Crippen molar-refractivity contribution in [3.8, 4) is 0 Å². The monoisotopic (exact) mass is 336 g/mol. The van der Waals surface area contributed by atoms with Crippen molar-refractivity contribution in [2.75, 3.05) is 0 Å². The van der Waals surface area contributed by atoms with Crippen LogP contribution in [0.15, 0.2) is 0 Å². The second kappa shape index (κ2) is 11.1. The fraction of sp³-hybridized carbons (Fsp3) is 0. The predicted molar refractivity (Wildman–Crippen MR) is 95.7 cm³/mol. The van der Waals surface area contributed by atoms with Crippen molar-refractivity contribution in [1.82, 2.24) is 0 Å². The summed E-state index contributed by atoms with van der Waals surface area (Å²) in [6, 6.07) is 0. The SMILES string of the molecule is O[B][B]B(O)B(O)B(O)B(O)B(O)B(O)B(O)B(O)B(O)B(O)O. The highest BCUT2D eigenvalue weighted by Gasteiger charge is 2.57. The molecule has 0 aromatic carbocycles. The van der Waals surface area contributed by atoms with E-state index in [1.54, 1.807) is 0 Å². The Kier molecular flexibility index (Phi) is 11.2. The predicted octanol–water partition coefficient (Wildman–Crippen LogP) is -11.3. The van der Waals surface area contributed by atoms with E-state index in [9.17, 15) is 40.2 Å². The van der Waals surface area contributed by atoms with Gasteiger partial charge in [-0.1, -0.05) is 0 Å². The lowest BCUT2D eigenvalue weighted by atomic mass is 8.74. The van der Waals surface area contributed by atoms with E-state index >= 15 is 0 Å². The number of hydrogen-bond donors (Lipinski definition) is 12. The van der Waals surface area contributed by atoms with Gasteiger partial charge in [0.15, 0.2) is 0 Å². The molecule has 24 heteroatoms. The highest BCUT2D eigenvalue weighted by molar-refractivity contribution is 7.85. The molecule has 0 aromatic heterocycles. The van der Waals surface area contributed by atoms with Gasteiger partial charge in [0.25, 0.3) is 46.9 Å². The van der Waals surface area contributed by atoms with Crippen molar-refractivity contribution in [2.24, 2.45) is 0 Å². The molecule has 0 bridgehead atoms. The van der Waals surface area contributed by atoms with Crippen molar-refractivity contribution in [1.29, 1.82) is 0 Å². The maximum absolute atomic E-state index is 9.66. The molecule has 120 valence electrons. The molecule has 0 rings (SSSR count). The van der Waals surface area contributed by atoms with E-state index < -0.39 is 67.3 Å². The summed E-state index contributed by atoms with van der Waals surface area (Å²) in [6.45, 7) is -20.3. The topological polar surface area (TPSA) is 243 Å². The van der Waals surface area contributed by atoms with Crippen molar-refractivity contribution < 1.29 is 60.3 Å². The van der Waals surface area contributed by atoms with Gasteiger partial charge < -0.3 is 60.3 Å². The summed E-state index contributed by atoms with van der Waals surface area (Å²) in [5, 5.41) is 111. The summed E-state index contributed by atoms with van der Waals surface area (Å²) in [4.78, 5) is 0. The van der Waals surface area contributed by atoms with Crippen LogP contribution in [0.3, 0.4) is 0 Å². The summed E-state index contributed by atoms with van der Waals surface area (Å²) in [5.41, 5.74) is 0. The van der Waals surface area contributed by atoms with Crippen LogP contribution in [-0.4, -0.2) is 142 Å². The quantitative estimate of drug-likeness (QED) is 0.158. The zero-order chi connectivity index (χ0) is 19.2. The molecule has 0 atom stereocenters. The Morgan fingerprint density at radius 1 is 0.417 bits per heavy atom. The van der Waals surface area contributed by atoms with Crippen LogP contribution < -0.4 is 0 Å². The maximum atomic E-state index is 9.66. The molecule has 12 N–H and O–H groups in total. The van der Waals surface area contributed by atoms with E-state index in [-0.39, 0.29) is 0 Å². The van der Waals surface area contributed by atoms with Crippen LogP contribution in [-0.2, 0) is 0 Å². The third kappa shape index (κ3) is 6.55. The van der Waals surface area contributed by atoms with Gasteiger partial charge in [0.05, 0.1) is 0 Å². The number of rotatable bonds is 11. The first kappa shape index (κ1) is 24.3. The summed E-state index contributed by atoms with van der Waals surface area (Å²) in [5.74, 6) is 0. The Hall–Kier alpha value is 0.299. The minimum Gasteiger partial charge on any atom is -0.466 e. The average Bonchev–Trinajstić information content (AvgIpc) is 2.56. The minimum atomic E-state index is -2.48. The standard InChI is InChI=1S/B12H12O12/c13-2-1-3(14)4(15)5(16)6(17)7(18)8(19)9(20)10(21)11(22)12(23)24/h13-24H. The molecule has 0 saturated carbocycles. The van der Waals surface area contributed by atoms with Crippen LogP contribution in [0.4, 0.5) is 0 Å². The Morgan fingerprint density at radius 2 is 0.708 bits per heavy atom. The summed E-state index contributed by atoms with van der Waals surface area (Å²) in [6.07, 6.45) is 0. The van der Waals surface area contributed by atoms with Crippen molar-refractivity contribution >= 4 is 81.7 Å². The zero-order valence-electron chi connectivity index (χ0n) is 12.3. The fourth-order valence-corrected chi connectivity index (χ4v) is 1.79. The molecule has 0 unspecified atom stereocenters. The Labute approximate surface area is 142 Å². The average molecular weight is 334 g/mol. The van der Waals surface area contributed by atoms with E-state index in [0.29, 0.717) is 14.4 Å². The van der Waals surface area contributed by atoms with Crippen LogP contribution >= 0.6 is 0 Å². The molecule has 0 aliphatic heterocycles. The summed E-state index contributed by atoms with van der Waals surface area (Å²) < 4.78 is 0.